The minimum Gasteiger partial charge on any atom is -0.493 e. The van der Waals surface area contributed by atoms with Gasteiger partial charge in [0.2, 0.25) is 0 Å². The topological polar surface area (TPSA) is 134 Å². The zero-order chi connectivity index (χ0) is 27.1. The number of hydrogen-bond donors (Lipinski definition) is 2. The van der Waals surface area contributed by atoms with Crippen molar-refractivity contribution in [2.75, 3.05) is 33.0 Å². The molecule has 0 radical (unpaired) electrons. The number of nitrogens with zero attached hydrogens (tertiary/aromatic N) is 6. The van der Waals surface area contributed by atoms with E-state index in [1.807, 2.05) is 0 Å². The van der Waals surface area contributed by atoms with Gasteiger partial charge in [-0.1, -0.05) is 5.92 Å². The van der Waals surface area contributed by atoms with Crippen LogP contribution >= 0.6 is 0 Å². The number of halogens is 2. The zero-order valence-corrected chi connectivity index (χ0v) is 20.7. The van der Waals surface area contributed by atoms with Crippen LogP contribution in [-0.4, -0.2) is 68.0 Å². The first kappa shape index (κ1) is 24.8. The molecule has 1 saturated heterocycles. The van der Waals surface area contributed by atoms with E-state index in [4.69, 9.17) is 15.2 Å². The smallest absolute Gasteiger partial charge is 0.407 e. The number of aryl methyl sites for hydroxylation is 1. The molecule has 0 unspecified atom stereocenters. The van der Waals surface area contributed by atoms with Crippen LogP contribution in [0.5, 0.6) is 11.5 Å². The largest absolute Gasteiger partial charge is 0.493 e. The fourth-order valence-electron chi connectivity index (χ4n) is 4.53. The molecule has 0 bridgehead atoms. The molecule has 4 aromatic rings. The summed E-state index contributed by atoms with van der Waals surface area (Å²) >= 11 is 0. The minimum atomic E-state index is -1.03. The highest BCUT2D eigenvalue weighted by Crippen LogP contribution is 2.36. The third-order valence-corrected chi connectivity index (χ3v) is 6.40. The number of hydrogen-bond acceptors (Lipinski definition) is 7. The first-order chi connectivity index (χ1) is 18.2. The Morgan fingerprint density at radius 3 is 2.47 bits per heavy atom. The van der Waals surface area contributed by atoms with Crippen molar-refractivity contribution in [3.05, 3.63) is 47.4 Å². The first-order valence-corrected chi connectivity index (χ1v) is 11.5. The Morgan fingerprint density at radius 1 is 1.18 bits per heavy atom. The molecule has 1 aromatic carbocycles. The molecule has 0 spiro atoms. The van der Waals surface area contributed by atoms with Crippen LogP contribution in [0.15, 0.2) is 24.5 Å². The molecule has 3 N–H and O–H groups in total. The molecular weight excluding hydrogens is 500 g/mol. The molecule has 0 saturated carbocycles. The molecular formula is C25H23F2N7O4. The highest BCUT2D eigenvalue weighted by Gasteiger charge is 2.31. The summed E-state index contributed by atoms with van der Waals surface area (Å²) in [6.07, 6.45) is 2.79. The van der Waals surface area contributed by atoms with E-state index < -0.39 is 23.3 Å². The Morgan fingerprint density at radius 2 is 1.89 bits per heavy atom. The molecule has 1 aliphatic heterocycles. The van der Waals surface area contributed by atoms with Crippen LogP contribution < -0.4 is 15.2 Å². The molecule has 13 heteroatoms. The Balaban J connectivity index is 1.74. The van der Waals surface area contributed by atoms with Crippen molar-refractivity contribution in [3.63, 3.8) is 0 Å². The van der Waals surface area contributed by atoms with Gasteiger partial charge in [-0.05, 0) is 18.4 Å². The van der Waals surface area contributed by atoms with Gasteiger partial charge in [0, 0.05) is 44.2 Å². The number of benzene rings is 1. The molecule has 1 aliphatic rings. The van der Waals surface area contributed by atoms with Crippen molar-refractivity contribution in [2.24, 2.45) is 7.05 Å². The van der Waals surface area contributed by atoms with Gasteiger partial charge in [-0.3, -0.25) is 9.36 Å². The molecule has 1 fully saturated rings. The highest BCUT2D eigenvalue weighted by molar-refractivity contribution is 6.01. The molecule has 4 heterocycles. The van der Waals surface area contributed by atoms with Crippen molar-refractivity contribution in [1.29, 1.82) is 0 Å². The number of pyridine rings is 1. The molecule has 3 aromatic heterocycles. The highest BCUT2D eigenvalue weighted by atomic mass is 19.1. The predicted molar refractivity (Wildman–Crippen MR) is 133 cm³/mol. The Bertz CT molecular complexity index is 1610. The minimum absolute atomic E-state index is 0.104. The third kappa shape index (κ3) is 4.09. The quantitative estimate of drug-likeness (QED) is 0.390. The third-order valence-electron chi connectivity index (χ3n) is 6.40. The Hall–Kier alpha value is -4.86. The number of fused-ring (bicyclic) bond motifs is 1. The number of ether oxygens (including phenoxy) is 2. The predicted octanol–water partition coefficient (Wildman–Crippen LogP) is 3.03. The Kier molecular flexibility index (Phi) is 6.23. The summed E-state index contributed by atoms with van der Waals surface area (Å²) in [5.74, 6) is 2.91. The second-order valence-corrected chi connectivity index (χ2v) is 8.65. The number of carboxylic acid groups (broad SMARTS) is 1. The number of likely N-dealkylation sites (tertiary alicyclic amines) is 1. The number of nitrogen functional groups attached to an aromatic ring is 1. The van der Waals surface area contributed by atoms with Crippen molar-refractivity contribution in [1.82, 2.24) is 29.4 Å². The monoisotopic (exact) mass is 523 g/mol. The van der Waals surface area contributed by atoms with Gasteiger partial charge in [-0.25, -0.2) is 18.6 Å². The van der Waals surface area contributed by atoms with E-state index in [1.165, 1.54) is 19.1 Å². The second-order valence-electron chi connectivity index (χ2n) is 8.65. The summed E-state index contributed by atoms with van der Waals surface area (Å²) in [4.78, 5) is 17.1. The van der Waals surface area contributed by atoms with E-state index in [0.29, 0.717) is 35.1 Å². The molecule has 5 rings (SSSR count). The van der Waals surface area contributed by atoms with E-state index in [2.05, 4.69) is 27.0 Å². The summed E-state index contributed by atoms with van der Waals surface area (Å²) < 4.78 is 43.2. The molecule has 1 amide bonds. The van der Waals surface area contributed by atoms with Gasteiger partial charge in [0.15, 0.2) is 23.1 Å². The molecule has 11 nitrogen and oxygen atoms in total. The molecule has 0 aliphatic carbocycles. The lowest BCUT2D eigenvalue weighted by molar-refractivity contribution is 0.154. The number of anilines is 1. The SMILES string of the molecule is COc1cc(OC)c(F)c(C#Cc2nn([C@H]3CCN(C(=O)O)C3)c3c(-c4ccn(C)n4)cnc(N)c23)c1F. The first-order valence-electron chi connectivity index (χ1n) is 11.5. The lowest BCUT2D eigenvalue weighted by Crippen LogP contribution is -2.27. The number of nitrogens with two attached hydrogens (primary N) is 1. The van der Waals surface area contributed by atoms with Crippen molar-refractivity contribution >= 4 is 22.8 Å². The van der Waals surface area contributed by atoms with E-state index in [1.54, 1.807) is 34.9 Å². The van der Waals surface area contributed by atoms with Gasteiger partial charge in [0.05, 0.1) is 36.9 Å². The fourth-order valence-corrected chi connectivity index (χ4v) is 4.53. The fraction of sp³-hybridized carbons (Fsp3) is 0.280. The summed E-state index contributed by atoms with van der Waals surface area (Å²) in [6, 6.07) is 2.55. The average molecular weight is 524 g/mol. The van der Waals surface area contributed by atoms with Crippen molar-refractivity contribution < 1.29 is 28.2 Å². The van der Waals surface area contributed by atoms with E-state index >= 15 is 0 Å². The van der Waals surface area contributed by atoms with E-state index in [0.717, 1.165) is 6.07 Å². The van der Waals surface area contributed by atoms with Crippen LogP contribution in [0.25, 0.3) is 22.2 Å². The maximum Gasteiger partial charge on any atom is 0.407 e. The number of aromatic nitrogens is 5. The van der Waals surface area contributed by atoms with E-state index in [9.17, 15) is 18.7 Å². The summed E-state index contributed by atoms with van der Waals surface area (Å²) in [7, 11) is 4.26. The maximum absolute atomic E-state index is 14.9. The summed E-state index contributed by atoms with van der Waals surface area (Å²) in [6.45, 7) is 0.515. The van der Waals surface area contributed by atoms with Gasteiger partial charge < -0.3 is 25.2 Å². The summed E-state index contributed by atoms with van der Waals surface area (Å²) in [5.41, 5.74) is 7.56. The van der Waals surface area contributed by atoms with Gasteiger partial charge >= 0.3 is 6.09 Å². The lowest BCUT2D eigenvalue weighted by Gasteiger charge is -2.15. The zero-order valence-electron chi connectivity index (χ0n) is 20.7. The average Bonchev–Trinajstić information content (AvgIpc) is 3.63. The van der Waals surface area contributed by atoms with Crippen molar-refractivity contribution in [2.45, 2.75) is 12.5 Å². The maximum atomic E-state index is 14.9. The summed E-state index contributed by atoms with van der Waals surface area (Å²) in [5, 5.41) is 18.9. The van der Waals surface area contributed by atoms with Gasteiger partial charge in [-0.2, -0.15) is 10.2 Å². The van der Waals surface area contributed by atoms with Crippen LogP contribution in [0.1, 0.15) is 23.7 Å². The van der Waals surface area contributed by atoms with Crippen LogP contribution in [0.2, 0.25) is 0 Å². The van der Waals surface area contributed by atoms with Crippen LogP contribution in [-0.2, 0) is 7.05 Å². The van der Waals surface area contributed by atoms with Crippen LogP contribution in [0, 0.1) is 23.5 Å². The van der Waals surface area contributed by atoms with Gasteiger partial charge in [0.1, 0.15) is 17.1 Å². The van der Waals surface area contributed by atoms with Crippen LogP contribution in [0.3, 0.4) is 0 Å². The molecule has 38 heavy (non-hydrogen) atoms. The lowest BCUT2D eigenvalue weighted by atomic mass is 10.1. The number of carbonyl (C=O) groups is 1. The number of amides is 1. The normalized spacial score (nSPS) is 15.0. The standard InChI is InChI=1S/C25H23F2N7O4/c1-32-8-7-16(30-32)15-11-29-24(28)20-17(31-34(23(15)20)13-6-9-33(12-13)25(35)36)5-4-14-21(26)18(37-2)10-19(38-3)22(14)27/h7-8,10-11,13H,6,9,12H2,1-3H3,(H2,28,29)(H,35,36)/t13-/m0/s1. The molecule has 1 atom stereocenters. The number of methoxy groups -OCH3 is 2. The van der Waals surface area contributed by atoms with Crippen molar-refractivity contribution in [3.8, 4) is 34.6 Å². The number of rotatable bonds is 4. The van der Waals surface area contributed by atoms with Gasteiger partial charge in [-0.15, -0.1) is 0 Å². The van der Waals surface area contributed by atoms with Crippen LogP contribution in [0.4, 0.5) is 19.4 Å². The second kappa shape index (κ2) is 9.55. The van der Waals surface area contributed by atoms with Gasteiger partial charge in [0.25, 0.3) is 0 Å². The van der Waals surface area contributed by atoms with E-state index in [-0.39, 0.29) is 35.6 Å². The Labute approximate surface area is 215 Å². The molecule has 196 valence electrons.